The lowest BCUT2D eigenvalue weighted by atomic mass is 9.88. The van der Waals surface area contributed by atoms with E-state index >= 15 is 0 Å². The van der Waals surface area contributed by atoms with Crippen LogP contribution in [0.25, 0.3) is 11.3 Å². The zero-order chi connectivity index (χ0) is 20.5. The number of nitrogens with zero attached hydrogens (tertiary/aromatic N) is 3. The molecule has 156 valence electrons. The van der Waals surface area contributed by atoms with Crippen LogP contribution in [0.5, 0.6) is 0 Å². The molecule has 0 bridgehead atoms. The van der Waals surface area contributed by atoms with Crippen LogP contribution < -0.4 is 5.56 Å². The fourth-order valence-corrected chi connectivity index (χ4v) is 5.38. The molecule has 0 spiro atoms. The highest BCUT2D eigenvalue weighted by Crippen LogP contribution is 2.31. The summed E-state index contributed by atoms with van der Waals surface area (Å²) in [4.78, 5) is 27.7. The van der Waals surface area contributed by atoms with Gasteiger partial charge in [0.2, 0.25) is 0 Å². The van der Waals surface area contributed by atoms with Gasteiger partial charge in [0.05, 0.1) is 23.5 Å². The fourth-order valence-electron chi connectivity index (χ4n) is 4.53. The Hall–Kier alpha value is -2.38. The molecule has 1 fully saturated rings. The lowest BCUT2D eigenvalue weighted by Gasteiger charge is -2.28. The number of hydrogen-bond donors (Lipinski definition) is 1. The molecule has 5 rings (SSSR count). The molecule has 0 amide bonds. The van der Waals surface area contributed by atoms with Crippen molar-refractivity contribution in [3.8, 4) is 11.3 Å². The smallest absolute Gasteiger partial charge is 0.255 e. The number of aromatic amines is 1. The molecule has 0 atom stereocenters. The van der Waals surface area contributed by atoms with Gasteiger partial charge in [-0.05, 0) is 37.1 Å². The zero-order valence-electron chi connectivity index (χ0n) is 16.9. The maximum atomic E-state index is 13.1. The highest BCUT2D eigenvalue weighted by atomic mass is 32.1. The van der Waals surface area contributed by atoms with E-state index in [2.05, 4.69) is 9.88 Å². The quantitative estimate of drug-likeness (QED) is 0.663. The summed E-state index contributed by atoms with van der Waals surface area (Å²) in [5, 5.41) is 3.01. The van der Waals surface area contributed by atoms with Crippen LogP contribution in [-0.4, -0.2) is 26.4 Å². The molecule has 0 saturated heterocycles. The van der Waals surface area contributed by atoms with Crippen LogP contribution in [0.1, 0.15) is 60.1 Å². The van der Waals surface area contributed by atoms with E-state index in [1.54, 1.807) is 23.5 Å². The summed E-state index contributed by atoms with van der Waals surface area (Å²) in [6.45, 7) is 2.18. The van der Waals surface area contributed by atoms with Crippen molar-refractivity contribution in [1.82, 2.24) is 19.9 Å². The number of benzene rings is 1. The highest BCUT2D eigenvalue weighted by Gasteiger charge is 2.25. The minimum atomic E-state index is -0.244. The predicted octanol–water partition coefficient (Wildman–Crippen LogP) is 4.64. The third kappa shape index (κ3) is 4.09. The maximum absolute atomic E-state index is 13.1. The normalized spacial score (nSPS) is 17.8. The van der Waals surface area contributed by atoms with Crippen LogP contribution in [0.3, 0.4) is 0 Å². The lowest BCUT2D eigenvalue weighted by molar-refractivity contribution is 0.240. The van der Waals surface area contributed by atoms with Crippen molar-refractivity contribution in [3.63, 3.8) is 0 Å². The Morgan fingerprint density at radius 1 is 1.13 bits per heavy atom. The number of hydrogen-bond acceptors (Lipinski definition) is 5. The van der Waals surface area contributed by atoms with Gasteiger partial charge in [-0.3, -0.25) is 9.69 Å². The molecule has 2 aliphatic rings. The minimum absolute atomic E-state index is 0.0245. The van der Waals surface area contributed by atoms with Crippen LogP contribution in [0, 0.1) is 5.82 Å². The Kier molecular flexibility index (Phi) is 5.48. The molecule has 1 aromatic carbocycles. The van der Waals surface area contributed by atoms with E-state index < -0.39 is 0 Å². The molecule has 0 unspecified atom stereocenters. The molecule has 2 aromatic heterocycles. The molecule has 1 aliphatic heterocycles. The van der Waals surface area contributed by atoms with Crippen molar-refractivity contribution in [2.75, 3.05) is 6.54 Å². The number of aromatic nitrogens is 3. The van der Waals surface area contributed by atoms with Gasteiger partial charge < -0.3 is 4.98 Å². The van der Waals surface area contributed by atoms with Crippen molar-refractivity contribution in [2.45, 2.75) is 57.5 Å². The van der Waals surface area contributed by atoms with E-state index in [4.69, 9.17) is 9.97 Å². The Bertz CT molecular complexity index is 1090. The average molecular weight is 425 g/mol. The van der Waals surface area contributed by atoms with Crippen LogP contribution in [0.4, 0.5) is 4.39 Å². The van der Waals surface area contributed by atoms with Gasteiger partial charge in [0.1, 0.15) is 16.6 Å². The summed E-state index contributed by atoms with van der Waals surface area (Å²) < 4.78 is 13.1. The molecule has 5 nitrogen and oxygen atoms in total. The number of fused-ring (bicyclic) bond motifs is 1. The van der Waals surface area contributed by atoms with Crippen molar-refractivity contribution >= 4 is 11.3 Å². The Morgan fingerprint density at radius 2 is 1.93 bits per heavy atom. The molecule has 3 aromatic rings. The molecule has 1 aliphatic carbocycles. The third-order valence-electron chi connectivity index (χ3n) is 6.21. The summed E-state index contributed by atoms with van der Waals surface area (Å²) in [6, 6.07) is 6.41. The van der Waals surface area contributed by atoms with Gasteiger partial charge in [-0.15, -0.1) is 11.3 Å². The molecule has 0 radical (unpaired) electrons. The molecule has 1 saturated carbocycles. The monoisotopic (exact) mass is 424 g/mol. The molecular formula is C23H25FN4OS. The molecule has 3 heterocycles. The van der Waals surface area contributed by atoms with Gasteiger partial charge in [-0.1, -0.05) is 19.3 Å². The third-order valence-corrected chi connectivity index (χ3v) is 7.04. The Morgan fingerprint density at radius 3 is 2.73 bits per heavy atom. The standard InChI is InChI=1S/C23H25FN4OS/c24-17-8-6-15(7-9-17)20-14-30-21(25-20)13-28-11-10-19-18(12-28)23(29)27-22(26-19)16-4-2-1-3-5-16/h6-9,14,16H,1-5,10-13H2,(H,26,27,29). The second-order valence-corrected chi connectivity index (χ2v) is 9.25. The van der Waals surface area contributed by atoms with Gasteiger partial charge in [0, 0.05) is 36.4 Å². The molecule has 7 heteroatoms. The summed E-state index contributed by atoms with van der Waals surface area (Å²) in [5.74, 6) is 1.07. The number of thiazole rings is 1. The number of H-pyrrole nitrogens is 1. The van der Waals surface area contributed by atoms with Gasteiger partial charge in [0.25, 0.3) is 5.56 Å². The van der Waals surface area contributed by atoms with Crippen molar-refractivity contribution < 1.29 is 4.39 Å². The summed E-state index contributed by atoms with van der Waals surface area (Å²) >= 11 is 1.60. The maximum Gasteiger partial charge on any atom is 0.255 e. The van der Waals surface area contributed by atoms with Gasteiger partial charge >= 0.3 is 0 Å². The van der Waals surface area contributed by atoms with Crippen molar-refractivity contribution in [3.05, 3.63) is 67.9 Å². The number of rotatable bonds is 4. The number of halogens is 1. The molecule has 1 N–H and O–H groups in total. The van der Waals surface area contributed by atoms with Crippen molar-refractivity contribution in [2.24, 2.45) is 0 Å². The van der Waals surface area contributed by atoms with E-state index in [1.165, 1.54) is 31.4 Å². The average Bonchev–Trinajstić information content (AvgIpc) is 3.23. The van der Waals surface area contributed by atoms with E-state index in [0.717, 1.165) is 59.2 Å². The minimum Gasteiger partial charge on any atom is -0.310 e. The topological polar surface area (TPSA) is 61.9 Å². The van der Waals surface area contributed by atoms with Crippen LogP contribution in [0.15, 0.2) is 34.4 Å². The number of nitrogens with one attached hydrogen (secondary N) is 1. The van der Waals surface area contributed by atoms with Crippen molar-refractivity contribution in [1.29, 1.82) is 0 Å². The Labute approximate surface area is 179 Å². The van der Waals surface area contributed by atoms with Crippen LogP contribution in [-0.2, 0) is 19.5 Å². The first kappa shape index (κ1) is 19.6. The van der Waals surface area contributed by atoms with Gasteiger partial charge in [-0.25, -0.2) is 14.4 Å². The second kappa shape index (κ2) is 8.40. The zero-order valence-corrected chi connectivity index (χ0v) is 17.7. The molecule has 30 heavy (non-hydrogen) atoms. The summed E-state index contributed by atoms with van der Waals surface area (Å²) in [5.41, 5.74) is 3.58. The van der Waals surface area contributed by atoms with Gasteiger partial charge in [0.15, 0.2) is 0 Å². The van der Waals surface area contributed by atoms with E-state index in [9.17, 15) is 9.18 Å². The van der Waals surface area contributed by atoms with Crippen LogP contribution in [0.2, 0.25) is 0 Å². The first-order chi connectivity index (χ1) is 14.7. The lowest BCUT2D eigenvalue weighted by Crippen LogP contribution is -2.36. The molecular weight excluding hydrogens is 399 g/mol. The second-order valence-electron chi connectivity index (χ2n) is 8.31. The SMILES string of the molecule is O=c1[nH]c(C2CCCCC2)nc2c1CN(Cc1nc(-c3ccc(F)cc3)cs1)CC2. The first-order valence-electron chi connectivity index (χ1n) is 10.7. The van der Waals surface area contributed by atoms with E-state index in [1.807, 2.05) is 5.38 Å². The Balaban J connectivity index is 1.29. The first-order valence-corrected chi connectivity index (χ1v) is 11.6. The van der Waals surface area contributed by atoms with E-state index in [0.29, 0.717) is 19.0 Å². The predicted molar refractivity (Wildman–Crippen MR) is 116 cm³/mol. The largest absolute Gasteiger partial charge is 0.310 e. The van der Waals surface area contributed by atoms with E-state index in [-0.39, 0.29) is 11.4 Å². The van der Waals surface area contributed by atoms with Crippen LogP contribution >= 0.6 is 11.3 Å². The van der Waals surface area contributed by atoms with Gasteiger partial charge in [-0.2, -0.15) is 0 Å². The highest BCUT2D eigenvalue weighted by molar-refractivity contribution is 7.09. The fraction of sp³-hybridized carbons (Fsp3) is 0.435. The summed E-state index contributed by atoms with van der Waals surface area (Å²) in [6.07, 6.45) is 6.82. The summed E-state index contributed by atoms with van der Waals surface area (Å²) in [7, 11) is 0.